The van der Waals surface area contributed by atoms with E-state index >= 15 is 0 Å². The van der Waals surface area contributed by atoms with Gasteiger partial charge in [0.15, 0.2) is 0 Å². The molecular formula is C11H15FN2O2S. The van der Waals surface area contributed by atoms with E-state index in [1.54, 1.807) is 6.07 Å². The van der Waals surface area contributed by atoms with Crippen molar-refractivity contribution in [2.45, 2.75) is 25.1 Å². The molecule has 0 saturated heterocycles. The van der Waals surface area contributed by atoms with E-state index in [4.69, 9.17) is 5.73 Å². The van der Waals surface area contributed by atoms with Crippen LogP contribution < -0.4 is 5.73 Å². The lowest BCUT2D eigenvalue weighted by molar-refractivity contribution is -0.387. The smallest absolute Gasteiger partial charge is 0.305 e. The van der Waals surface area contributed by atoms with Crippen LogP contribution in [0.2, 0.25) is 0 Å². The third-order valence-electron chi connectivity index (χ3n) is 1.99. The Kier molecular flexibility index (Phi) is 4.47. The lowest BCUT2D eigenvalue weighted by Crippen LogP contribution is -2.34. The van der Waals surface area contributed by atoms with Crippen LogP contribution in [0.15, 0.2) is 18.2 Å². The van der Waals surface area contributed by atoms with Crippen molar-refractivity contribution in [3.8, 4) is 0 Å². The minimum Gasteiger partial charge on any atom is -0.325 e. The number of nitro groups is 1. The number of halogens is 1. The fourth-order valence-corrected chi connectivity index (χ4v) is 2.31. The Morgan fingerprint density at radius 3 is 2.71 bits per heavy atom. The van der Waals surface area contributed by atoms with Crippen LogP contribution in [-0.4, -0.2) is 16.2 Å². The molecule has 0 aliphatic carbocycles. The zero-order chi connectivity index (χ0) is 13.1. The second kappa shape index (κ2) is 5.46. The zero-order valence-corrected chi connectivity index (χ0v) is 10.6. The standard InChI is InChI=1S/C11H15FN2O2S/c1-11(2,13)7-17-6-8-4-3-5-9(10(8)12)14(15)16/h3-5H,6-7,13H2,1-2H3. The Labute approximate surface area is 104 Å². The van der Waals surface area contributed by atoms with E-state index < -0.39 is 16.4 Å². The van der Waals surface area contributed by atoms with Crippen LogP contribution >= 0.6 is 11.8 Å². The van der Waals surface area contributed by atoms with Gasteiger partial charge in [0.2, 0.25) is 5.82 Å². The van der Waals surface area contributed by atoms with Crippen molar-refractivity contribution in [2.75, 3.05) is 5.75 Å². The van der Waals surface area contributed by atoms with Gasteiger partial charge in [0, 0.05) is 28.7 Å². The molecule has 2 N–H and O–H groups in total. The van der Waals surface area contributed by atoms with Gasteiger partial charge in [-0.3, -0.25) is 10.1 Å². The van der Waals surface area contributed by atoms with E-state index in [2.05, 4.69) is 0 Å². The number of hydrogen-bond donors (Lipinski definition) is 1. The Morgan fingerprint density at radius 1 is 1.53 bits per heavy atom. The molecule has 0 amide bonds. The van der Waals surface area contributed by atoms with Crippen LogP contribution in [0.1, 0.15) is 19.4 Å². The fraction of sp³-hybridized carbons (Fsp3) is 0.455. The summed E-state index contributed by atoms with van der Waals surface area (Å²) in [6.45, 7) is 3.76. The Morgan fingerprint density at radius 2 is 2.18 bits per heavy atom. The average molecular weight is 258 g/mol. The van der Waals surface area contributed by atoms with Gasteiger partial charge in [-0.15, -0.1) is 0 Å². The van der Waals surface area contributed by atoms with Crippen LogP contribution in [-0.2, 0) is 5.75 Å². The number of rotatable bonds is 5. The van der Waals surface area contributed by atoms with Gasteiger partial charge in [0.25, 0.3) is 0 Å². The molecule has 0 radical (unpaired) electrons. The van der Waals surface area contributed by atoms with E-state index in [0.717, 1.165) is 6.07 Å². The lowest BCUT2D eigenvalue weighted by Gasteiger charge is -2.17. The number of benzene rings is 1. The summed E-state index contributed by atoms with van der Waals surface area (Å²) in [6, 6.07) is 4.21. The molecule has 1 aromatic rings. The van der Waals surface area contributed by atoms with Crippen molar-refractivity contribution in [3.05, 3.63) is 39.7 Å². The van der Waals surface area contributed by atoms with Gasteiger partial charge in [0.05, 0.1) is 4.92 Å². The molecule has 0 atom stereocenters. The van der Waals surface area contributed by atoms with E-state index in [0.29, 0.717) is 17.1 Å². The van der Waals surface area contributed by atoms with Gasteiger partial charge in [-0.05, 0) is 13.8 Å². The Balaban J connectivity index is 2.72. The van der Waals surface area contributed by atoms with Crippen molar-refractivity contribution in [3.63, 3.8) is 0 Å². The maximum Gasteiger partial charge on any atom is 0.305 e. The molecule has 94 valence electrons. The maximum atomic E-state index is 13.7. The molecule has 4 nitrogen and oxygen atoms in total. The van der Waals surface area contributed by atoms with Gasteiger partial charge in [0.1, 0.15) is 0 Å². The molecule has 0 aliphatic heterocycles. The number of thioether (sulfide) groups is 1. The first-order valence-corrected chi connectivity index (χ1v) is 6.25. The summed E-state index contributed by atoms with van der Waals surface area (Å²) in [6.07, 6.45) is 0. The van der Waals surface area contributed by atoms with Crippen LogP contribution in [0, 0.1) is 15.9 Å². The molecular weight excluding hydrogens is 243 g/mol. The summed E-state index contributed by atoms with van der Waals surface area (Å²) < 4.78 is 13.7. The van der Waals surface area contributed by atoms with Crippen molar-refractivity contribution in [1.29, 1.82) is 0 Å². The van der Waals surface area contributed by atoms with Crippen molar-refractivity contribution in [1.82, 2.24) is 0 Å². The van der Waals surface area contributed by atoms with E-state index in [9.17, 15) is 14.5 Å². The van der Waals surface area contributed by atoms with Gasteiger partial charge in [-0.1, -0.05) is 12.1 Å². The SMILES string of the molecule is CC(C)(N)CSCc1cccc([N+](=O)[O-])c1F. The molecule has 0 bridgehead atoms. The van der Waals surface area contributed by atoms with E-state index in [-0.39, 0.29) is 5.54 Å². The summed E-state index contributed by atoms with van der Waals surface area (Å²) >= 11 is 1.46. The molecule has 0 spiro atoms. The van der Waals surface area contributed by atoms with Crippen LogP contribution in [0.25, 0.3) is 0 Å². The molecule has 0 fully saturated rings. The molecule has 0 heterocycles. The molecule has 1 rings (SSSR count). The number of nitro benzene ring substituents is 1. The van der Waals surface area contributed by atoms with Crippen LogP contribution in [0.3, 0.4) is 0 Å². The van der Waals surface area contributed by atoms with Gasteiger partial charge < -0.3 is 5.73 Å². The highest BCUT2D eigenvalue weighted by Gasteiger charge is 2.18. The second-order valence-corrected chi connectivity index (χ2v) is 5.47. The molecule has 1 aromatic carbocycles. The van der Waals surface area contributed by atoms with E-state index in [1.165, 1.54) is 17.8 Å². The van der Waals surface area contributed by atoms with Crippen molar-refractivity contribution >= 4 is 17.4 Å². The highest BCUT2D eigenvalue weighted by molar-refractivity contribution is 7.98. The summed E-state index contributed by atoms with van der Waals surface area (Å²) in [4.78, 5) is 9.83. The zero-order valence-electron chi connectivity index (χ0n) is 9.77. The average Bonchev–Trinajstić information content (AvgIpc) is 2.18. The number of nitrogens with zero attached hydrogens (tertiary/aromatic N) is 1. The number of nitrogens with two attached hydrogens (primary N) is 1. The Bertz CT molecular complexity index is 418. The largest absolute Gasteiger partial charge is 0.325 e. The first kappa shape index (κ1) is 13.9. The minimum absolute atomic E-state index is 0.331. The normalized spacial score (nSPS) is 11.5. The lowest BCUT2D eigenvalue weighted by atomic mass is 10.1. The maximum absolute atomic E-state index is 13.7. The van der Waals surface area contributed by atoms with Crippen molar-refractivity contribution in [2.24, 2.45) is 5.73 Å². The molecule has 17 heavy (non-hydrogen) atoms. The molecule has 0 unspecified atom stereocenters. The topological polar surface area (TPSA) is 69.2 Å². The van der Waals surface area contributed by atoms with E-state index in [1.807, 2.05) is 13.8 Å². The second-order valence-electron chi connectivity index (χ2n) is 4.49. The third-order valence-corrected chi connectivity index (χ3v) is 3.45. The molecule has 0 aromatic heterocycles. The quantitative estimate of drug-likeness (QED) is 0.651. The van der Waals surface area contributed by atoms with Crippen molar-refractivity contribution < 1.29 is 9.31 Å². The first-order valence-electron chi connectivity index (χ1n) is 5.09. The predicted octanol–water partition coefficient (Wildman–Crippen LogP) is 2.70. The molecule has 6 heteroatoms. The highest BCUT2D eigenvalue weighted by atomic mass is 32.2. The van der Waals surface area contributed by atoms with Crippen LogP contribution in [0.4, 0.5) is 10.1 Å². The Hall–Kier alpha value is -1.14. The summed E-state index contributed by atoms with van der Waals surface area (Å²) in [7, 11) is 0. The predicted molar refractivity (Wildman–Crippen MR) is 67.5 cm³/mol. The summed E-state index contributed by atoms with van der Waals surface area (Å²) in [5.41, 5.74) is 5.33. The first-order chi connectivity index (χ1) is 7.81. The number of hydrogen-bond acceptors (Lipinski definition) is 4. The highest BCUT2D eigenvalue weighted by Crippen LogP contribution is 2.24. The van der Waals surface area contributed by atoms with Gasteiger partial charge >= 0.3 is 5.69 Å². The fourth-order valence-electron chi connectivity index (χ4n) is 1.24. The van der Waals surface area contributed by atoms with Gasteiger partial charge in [-0.2, -0.15) is 16.2 Å². The van der Waals surface area contributed by atoms with Gasteiger partial charge in [-0.25, -0.2) is 0 Å². The molecule has 0 aliphatic rings. The minimum atomic E-state index is -0.750. The molecule has 0 saturated carbocycles. The summed E-state index contributed by atoms with van der Waals surface area (Å²) in [5.74, 6) is 0.295. The van der Waals surface area contributed by atoms with Crippen LogP contribution in [0.5, 0.6) is 0 Å². The third kappa shape index (κ3) is 4.32. The summed E-state index contributed by atoms with van der Waals surface area (Å²) in [5, 5.41) is 10.5. The monoisotopic (exact) mass is 258 g/mol.